The van der Waals surface area contributed by atoms with Gasteiger partial charge in [-0.3, -0.25) is 4.79 Å². The van der Waals surface area contributed by atoms with E-state index >= 15 is 0 Å². The molecule has 0 fully saturated rings. The molecule has 0 unspecified atom stereocenters. The number of hydrogen-bond acceptors (Lipinski definition) is 4. The summed E-state index contributed by atoms with van der Waals surface area (Å²) in [5.74, 6) is -1.34. The SMILES string of the molecule is CC(C)(C)[C@H](c1nn(-c2cc(F)ccc2F)cc1Cc1ccccc1)N(CCCN)C(=O)c1ccc(N)cc1. The molecular formula is C31H35F2N5O. The topological polar surface area (TPSA) is 90.2 Å². The maximum Gasteiger partial charge on any atom is 0.254 e. The number of carbonyl (C=O) groups is 1. The maximum absolute atomic E-state index is 14.8. The summed E-state index contributed by atoms with van der Waals surface area (Å²) in [6.07, 6.45) is 2.81. The van der Waals surface area contributed by atoms with E-state index in [1.165, 1.54) is 4.68 Å². The molecule has 8 heteroatoms. The summed E-state index contributed by atoms with van der Waals surface area (Å²) in [5.41, 5.74) is 14.8. The van der Waals surface area contributed by atoms with E-state index in [1.54, 1.807) is 35.4 Å². The number of nitrogen functional groups attached to an aromatic ring is 1. The third-order valence-corrected chi connectivity index (χ3v) is 6.63. The van der Waals surface area contributed by atoms with Crippen LogP contribution in [0.1, 0.15) is 60.4 Å². The lowest BCUT2D eigenvalue weighted by Crippen LogP contribution is -2.43. The fourth-order valence-electron chi connectivity index (χ4n) is 4.82. The lowest BCUT2D eigenvalue weighted by atomic mass is 9.81. The third-order valence-electron chi connectivity index (χ3n) is 6.63. The highest BCUT2D eigenvalue weighted by Crippen LogP contribution is 2.40. The van der Waals surface area contributed by atoms with E-state index in [2.05, 4.69) is 0 Å². The summed E-state index contributed by atoms with van der Waals surface area (Å²) in [4.78, 5) is 15.8. The first-order valence-corrected chi connectivity index (χ1v) is 13.0. The normalized spacial score (nSPS) is 12.4. The van der Waals surface area contributed by atoms with Crippen LogP contribution in [0.4, 0.5) is 14.5 Å². The number of hydrogen-bond donors (Lipinski definition) is 2. The van der Waals surface area contributed by atoms with Crippen molar-refractivity contribution in [1.82, 2.24) is 14.7 Å². The smallest absolute Gasteiger partial charge is 0.254 e. The summed E-state index contributed by atoms with van der Waals surface area (Å²) < 4.78 is 30.4. The van der Waals surface area contributed by atoms with E-state index < -0.39 is 23.1 Å². The second-order valence-electron chi connectivity index (χ2n) is 10.8. The summed E-state index contributed by atoms with van der Waals surface area (Å²) in [6, 6.07) is 19.4. The Labute approximate surface area is 228 Å². The van der Waals surface area contributed by atoms with Crippen LogP contribution in [-0.4, -0.2) is 33.7 Å². The van der Waals surface area contributed by atoms with E-state index in [4.69, 9.17) is 16.6 Å². The van der Waals surface area contributed by atoms with Crippen molar-refractivity contribution in [1.29, 1.82) is 0 Å². The Hall–Kier alpha value is -4.04. The molecule has 1 aromatic heterocycles. The molecule has 0 aliphatic heterocycles. The largest absolute Gasteiger partial charge is 0.399 e. The number of benzene rings is 3. The highest BCUT2D eigenvalue weighted by Gasteiger charge is 2.38. The standard InChI is InChI=1S/C31H35F2N5O/c1-31(2,3)29(37(17-7-16-34)30(39)22-10-13-25(35)14-11-22)28-23(18-21-8-5-4-6-9-21)20-38(36-28)27-19-24(32)12-15-26(27)33/h4-6,8-15,19-20,29H,7,16-18,34-35H2,1-3H3/t29-/m0/s1. The lowest BCUT2D eigenvalue weighted by molar-refractivity contribution is 0.0498. The van der Waals surface area contributed by atoms with Crippen molar-refractivity contribution in [2.24, 2.45) is 11.1 Å². The quantitative estimate of drug-likeness (QED) is 0.263. The summed E-state index contributed by atoms with van der Waals surface area (Å²) in [7, 11) is 0. The van der Waals surface area contributed by atoms with Crippen LogP contribution in [0, 0.1) is 17.0 Å². The number of rotatable bonds is 9. The summed E-state index contributed by atoms with van der Waals surface area (Å²) in [6.45, 7) is 6.92. The Bertz CT molecular complexity index is 1410. The number of amides is 1. The van der Waals surface area contributed by atoms with Crippen molar-refractivity contribution in [2.75, 3.05) is 18.8 Å². The van der Waals surface area contributed by atoms with Crippen LogP contribution in [-0.2, 0) is 6.42 Å². The molecule has 0 spiro atoms. The fourth-order valence-corrected chi connectivity index (χ4v) is 4.82. The zero-order valence-corrected chi connectivity index (χ0v) is 22.6. The van der Waals surface area contributed by atoms with E-state index in [0.717, 1.165) is 29.3 Å². The van der Waals surface area contributed by atoms with Gasteiger partial charge in [-0.05, 0) is 60.3 Å². The monoisotopic (exact) mass is 531 g/mol. The molecule has 1 heterocycles. The van der Waals surface area contributed by atoms with Gasteiger partial charge < -0.3 is 16.4 Å². The molecule has 0 saturated heterocycles. The minimum atomic E-state index is -0.595. The molecule has 0 bridgehead atoms. The molecule has 1 amide bonds. The van der Waals surface area contributed by atoms with Crippen LogP contribution in [0.25, 0.3) is 5.69 Å². The van der Waals surface area contributed by atoms with Gasteiger partial charge in [0.2, 0.25) is 0 Å². The minimum Gasteiger partial charge on any atom is -0.399 e. The minimum absolute atomic E-state index is 0.00147. The van der Waals surface area contributed by atoms with E-state index in [1.807, 2.05) is 51.1 Å². The molecule has 4 rings (SSSR count). The number of halogens is 2. The van der Waals surface area contributed by atoms with Crippen molar-refractivity contribution in [3.63, 3.8) is 0 Å². The average Bonchev–Trinajstić information content (AvgIpc) is 3.30. The van der Waals surface area contributed by atoms with Gasteiger partial charge in [0.1, 0.15) is 17.3 Å². The molecule has 4 N–H and O–H groups in total. The van der Waals surface area contributed by atoms with Crippen molar-refractivity contribution >= 4 is 11.6 Å². The highest BCUT2D eigenvalue weighted by atomic mass is 19.1. The second-order valence-corrected chi connectivity index (χ2v) is 10.8. The average molecular weight is 532 g/mol. The van der Waals surface area contributed by atoms with E-state index in [-0.39, 0.29) is 11.6 Å². The molecule has 6 nitrogen and oxygen atoms in total. The van der Waals surface area contributed by atoms with Gasteiger partial charge in [0, 0.05) is 42.0 Å². The van der Waals surface area contributed by atoms with Crippen LogP contribution in [0.5, 0.6) is 0 Å². The van der Waals surface area contributed by atoms with Gasteiger partial charge in [0.05, 0.1) is 11.7 Å². The first kappa shape index (κ1) is 28.0. The van der Waals surface area contributed by atoms with Gasteiger partial charge in [0.25, 0.3) is 5.91 Å². The van der Waals surface area contributed by atoms with Gasteiger partial charge in [-0.2, -0.15) is 5.10 Å². The predicted molar refractivity (Wildman–Crippen MR) is 150 cm³/mol. The fraction of sp³-hybridized carbons (Fsp3) is 0.290. The molecule has 3 aromatic carbocycles. The molecule has 1 atom stereocenters. The molecule has 0 aliphatic rings. The van der Waals surface area contributed by atoms with Crippen LogP contribution >= 0.6 is 0 Å². The first-order chi connectivity index (χ1) is 18.6. The number of aromatic nitrogens is 2. The van der Waals surface area contributed by atoms with Crippen molar-refractivity contribution in [3.05, 3.63) is 113 Å². The molecule has 204 valence electrons. The Morgan fingerprint density at radius 2 is 1.72 bits per heavy atom. The van der Waals surface area contributed by atoms with E-state index in [0.29, 0.717) is 42.9 Å². The first-order valence-electron chi connectivity index (χ1n) is 13.0. The van der Waals surface area contributed by atoms with Gasteiger partial charge in [-0.15, -0.1) is 0 Å². The molecule has 0 radical (unpaired) electrons. The van der Waals surface area contributed by atoms with Gasteiger partial charge in [0.15, 0.2) is 0 Å². The maximum atomic E-state index is 14.8. The Balaban J connectivity index is 1.89. The summed E-state index contributed by atoms with van der Waals surface area (Å²) >= 11 is 0. The Morgan fingerprint density at radius 3 is 2.36 bits per heavy atom. The zero-order chi connectivity index (χ0) is 28.2. The van der Waals surface area contributed by atoms with Crippen molar-refractivity contribution in [2.45, 2.75) is 39.7 Å². The number of nitrogens with zero attached hydrogens (tertiary/aromatic N) is 3. The molecule has 0 saturated carbocycles. The Morgan fingerprint density at radius 1 is 1.03 bits per heavy atom. The second kappa shape index (κ2) is 11.8. The van der Waals surface area contributed by atoms with Crippen molar-refractivity contribution in [3.8, 4) is 5.69 Å². The van der Waals surface area contributed by atoms with E-state index in [9.17, 15) is 13.6 Å². The van der Waals surface area contributed by atoms with Gasteiger partial charge in [-0.25, -0.2) is 13.5 Å². The van der Waals surface area contributed by atoms with Crippen LogP contribution in [0.2, 0.25) is 0 Å². The number of anilines is 1. The molecule has 39 heavy (non-hydrogen) atoms. The number of nitrogens with two attached hydrogens (primary N) is 2. The molecule has 0 aliphatic carbocycles. The molecule has 4 aromatic rings. The van der Waals surface area contributed by atoms with Gasteiger partial charge in [-0.1, -0.05) is 51.1 Å². The Kier molecular flexibility index (Phi) is 8.45. The third kappa shape index (κ3) is 6.52. The highest BCUT2D eigenvalue weighted by molar-refractivity contribution is 5.95. The van der Waals surface area contributed by atoms with Gasteiger partial charge >= 0.3 is 0 Å². The van der Waals surface area contributed by atoms with Crippen molar-refractivity contribution < 1.29 is 13.6 Å². The lowest BCUT2D eigenvalue weighted by Gasteiger charge is -2.40. The van der Waals surface area contributed by atoms with Crippen LogP contribution in [0.3, 0.4) is 0 Å². The summed E-state index contributed by atoms with van der Waals surface area (Å²) in [5, 5.41) is 4.83. The predicted octanol–water partition coefficient (Wildman–Crippen LogP) is 5.90. The van der Waals surface area contributed by atoms with Crippen LogP contribution in [0.15, 0.2) is 79.0 Å². The molecular weight excluding hydrogens is 496 g/mol. The number of carbonyl (C=O) groups excluding carboxylic acids is 1. The zero-order valence-electron chi connectivity index (χ0n) is 22.6. The van der Waals surface area contributed by atoms with Crippen LogP contribution < -0.4 is 11.5 Å².